The Morgan fingerprint density at radius 3 is 2.53 bits per heavy atom. The Bertz CT molecular complexity index is 1090. The molecule has 0 aliphatic heterocycles. The number of Topliss-reactive ketones (excluding diaryl/α,β-unsaturated/α-hetero) is 1. The number of halogens is 4. The van der Waals surface area contributed by atoms with Crippen LogP contribution in [0, 0.1) is 5.82 Å². The molecule has 0 spiro atoms. The maximum atomic E-state index is 13.7. The van der Waals surface area contributed by atoms with Gasteiger partial charge in [0.2, 0.25) is 0 Å². The first-order valence-corrected chi connectivity index (χ1v) is 8.87. The van der Waals surface area contributed by atoms with Crippen LogP contribution >= 0.6 is 0 Å². The van der Waals surface area contributed by atoms with Gasteiger partial charge < -0.3 is 14.9 Å². The second-order valence-corrected chi connectivity index (χ2v) is 6.49. The first-order chi connectivity index (χ1) is 14.1. The maximum absolute atomic E-state index is 13.7. The maximum Gasteiger partial charge on any atom is 0.416 e. The van der Waals surface area contributed by atoms with Gasteiger partial charge in [0.25, 0.3) is 5.91 Å². The number of benzene rings is 1. The van der Waals surface area contributed by atoms with Crippen molar-refractivity contribution in [2.24, 2.45) is 0 Å². The number of H-pyrrole nitrogens is 1. The quantitative estimate of drug-likeness (QED) is 0.590. The number of nitrogens with zero attached hydrogens (tertiary/aromatic N) is 3. The highest BCUT2D eigenvalue weighted by Crippen LogP contribution is 2.31. The number of ketones is 1. The van der Waals surface area contributed by atoms with E-state index in [1.54, 1.807) is 17.7 Å². The number of aromatic nitrogens is 4. The van der Waals surface area contributed by atoms with Crippen LogP contribution in [0.3, 0.4) is 0 Å². The average Bonchev–Trinajstić information content (AvgIpc) is 3.28. The fourth-order valence-electron chi connectivity index (χ4n) is 2.97. The van der Waals surface area contributed by atoms with Crippen molar-refractivity contribution in [1.29, 1.82) is 0 Å². The molecular weight excluding hydrogens is 406 g/mol. The lowest BCUT2D eigenvalue weighted by Gasteiger charge is -2.11. The molecule has 0 fully saturated rings. The van der Waals surface area contributed by atoms with Crippen LogP contribution in [0.2, 0.25) is 0 Å². The molecule has 1 aromatic carbocycles. The number of imidazole rings is 2. The fourth-order valence-corrected chi connectivity index (χ4v) is 2.97. The second kappa shape index (κ2) is 8.09. The van der Waals surface area contributed by atoms with E-state index in [-0.39, 0.29) is 24.0 Å². The van der Waals surface area contributed by atoms with Gasteiger partial charge in [0.1, 0.15) is 11.6 Å². The van der Waals surface area contributed by atoms with Crippen LogP contribution < -0.4 is 5.32 Å². The summed E-state index contributed by atoms with van der Waals surface area (Å²) in [4.78, 5) is 35.5. The molecule has 0 atom stereocenters. The minimum absolute atomic E-state index is 0.0414. The summed E-state index contributed by atoms with van der Waals surface area (Å²) in [6.07, 6.45) is -1.41. The lowest BCUT2D eigenvalue weighted by atomic mass is 10.1. The van der Waals surface area contributed by atoms with Gasteiger partial charge in [0.05, 0.1) is 17.8 Å². The smallest absolute Gasteiger partial charge is 0.342 e. The summed E-state index contributed by atoms with van der Waals surface area (Å²) in [7, 11) is 0. The van der Waals surface area contributed by atoms with E-state index >= 15 is 0 Å². The third-order valence-electron chi connectivity index (χ3n) is 4.22. The van der Waals surface area contributed by atoms with Crippen molar-refractivity contribution in [3.63, 3.8) is 0 Å². The van der Waals surface area contributed by atoms with Gasteiger partial charge in [-0.1, -0.05) is 6.92 Å². The van der Waals surface area contributed by atoms with Crippen molar-refractivity contribution in [2.45, 2.75) is 33.0 Å². The van der Waals surface area contributed by atoms with Crippen molar-refractivity contribution in [3.05, 3.63) is 53.2 Å². The van der Waals surface area contributed by atoms with E-state index in [0.29, 0.717) is 36.1 Å². The highest BCUT2D eigenvalue weighted by atomic mass is 19.4. The Balaban J connectivity index is 2.02. The fraction of sp³-hybridized carbons (Fsp3) is 0.263. The molecule has 30 heavy (non-hydrogen) atoms. The van der Waals surface area contributed by atoms with Crippen LogP contribution in [-0.2, 0) is 23.9 Å². The van der Waals surface area contributed by atoms with E-state index in [2.05, 4.69) is 20.3 Å². The number of rotatable bonds is 6. The van der Waals surface area contributed by atoms with Crippen LogP contribution in [0.4, 0.5) is 23.4 Å². The molecule has 158 valence electrons. The molecule has 2 heterocycles. The van der Waals surface area contributed by atoms with Crippen molar-refractivity contribution in [2.75, 3.05) is 5.32 Å². The molecule has 11 heteroatoms. The number of anilines is 1. The van der Waals surface area contributed by atoms with Crippen LogP contribution in [0.15, 0.2) is 30.6 Å². The van der Waals surface area contributed by atoms with E-state index < -0.39 is 29.0 Å². The highest BCUT2D eigenvalue weighted by Gasteiger charge is 2.32. The van der Waals surface area contributed by atoms with Crippen molar-refractivity contribution in [3.8, 4) is 11.6 Å². The lowest BCUT2D eigenvalue weighted by Crippen LogP contribution is -2.16. The molecule has 1 amide bonds. The predicted octanol–water partition coefficient (Wildman–Crippen LogP) is 3.83. The largest absolute Gasteiger partial charge is 0.416 e. The zero-order valence-electron chi connectivity index (χ0n) is 16.0. The average molecular weight is 423 g/mol. The summed E-state index contributed by atoms with van der Waals surface area (Å²) < 4.78 is 54.0. The second-order valence-electron chi connectivity index (χ2n) is 6.49. The van der Waals surface area contributed by atoms with Gasteiger partial charge >= 0.3 is 6.18 Å². The van der Waals surface area contributed by atoms with Crippen molar-refractivity contribution in [1.82, 2.24) is 19.5 Å². The first-order valence-electron chi connectivity index (χ1n) is 8.87. The van der Waals surface area contributed by atoms with Gasteiger partial charge in [-0.3, -0.25) is 9.59 Å². The Morgan fingerprint density at radius 2 is 1.97 bits per heavy atom. The number of carbonyl (C=O) groups excluding carboxylic acids is 2. The Labute approximate surface area is 168 Å². The molecule has 0 bridgehead atoms. The molecule has 3 aromatic rings. The summed E-state index contributed by atoms with van der Waals surface area (Å²) in [5.41, 5.74) is -1.32. The number of aromatic amines is 1. The molecule has 0 aliphatic carbocycles. The molecule has 2 N–H and O–H groups in total. The number of hydrogen-bond acceptors (Lipinski definition) is 4. The van der Waals surface area contributed by atoms with Crippen LogP contribution in [-0.4, -0.2) is 31.2 Å². The van der Waals surface area contributed by atoms with Gasteiger partial charge in [-0.05, 0) is 31.5 Å². The van der Waals surface area contributed by atoms with E-state index in [4.69, 9.17) is 0 Å². The Hall–Kier alpha value is -3.50. The SMILES string of the molecule is CCc1c(NC(=O)c2cc(F)cc(C(F)(F)F)c2)nc(-c2ncc[nH]2)n1CC(C)=O. The van der Waals surface area contributed by atoms with Crippen LogP contribution in [0.1, 0.15) is 35.5 Å². The molecule has 0 unspecified atom stereocenters. The molecule has 7 nitrogen and oxygen atoms in total. The molecule has 0 aliphatic rings. The van der Waals surface area contributed by atoms with Crippen molar-refractivity contribution >= 4 is 17.5 Å². The van der Waals surface area contributed by atoms with Crippen LogP contribution in [0.25, 0.3) is 11.6 Å². The third-order valence-corrected chi connectivity index (χ3v) is 4.22. The standard InChI is InChI=1S/C19H17F4N5O2/c1-3-14-15(26-17(16-24-4-5-25-16)28(14)9-10(2)29)27-18(30)11-6-12(19(21,22)23)8-13(20)7-11/h4-8H,3,9H2,1-2H3,(H,24,25)(H,27,30). The van der Waals surface area contributed by atoms with E-state index in [9.17, 15) is 27.2 Å². The van der Waals surface area contributed by atoms with Gasteiger partial charge in [-0.2, -0.15) is 13.2 Å². The molecule has 3 rings (SSSR count). The summed E-state index contributed by atoms with van der Waals surface area (Å²) in [5.74, 6) is -1.66. The normalized spacial score (nSPS) is 11.5. The number of nitrogens with one attached hydrogen (secondary N) is 2. The minimum atomic E-state index is -4.80. The molecule has 2 aromatic heterocycles. The van der Waals surface area contributed by atoms with Crippen molar-refractivity contribution < 1.29 is 27.2 Å². The molecule has 0 saturated carbocycles. The Kier molecular flexibility index (Phi) is 5.72. The number of hydrogen-bond donors (Lipinski definition) is 2. The zero-order chi connectivity index (χ0) is 22.1. The van der Waals surface area contributed by atoms with Gasteiger partial charge in [0.15, 0.2) is 17.5 Å². The van der Waals surface area contributed by atoms with Gasteiger partial charge in [-0.25, -0.2) is 14.4 Å². The first kappa shape index (κ1) is 21.2. The van der Waals surface area contributed by atoms with E-state index in [0.717, 1.165) is 0 Å². The van der Waals surface area contributed by atoms with E-state index in [1.807, 2.05) is 0 Å². The summed E-state index contributed by atoms with van der Waals surface area (Å²) in [6, 6.07) is 1.57. The van der Waals surface area contributed by atoms with Gasteiger partial charge in [0, 0.05) is 18.0 Å². The predicted molar refractivity (Wildman–Crippen MR) is 99.2 cm³/mol. The lowest BCUT2D eigenvalue weighted by molar-refractivity contribution is -0.137. The topological polar surface area (TPSA) is 92.7 Å². The number of carbonyl (C=O) groups is 2. The van der Waals surface area contributed by atoms with E-state index in [1.165, 1.54) is 13.1 Å². The summed E-state index contributed by atoms with van der Waals surface area (Å²) >= 11 is 0. The highest BCUT2D eigenvalue weighted by molar-refractivity contribution is 6.04. The Morgan fingerprint density at radius 1 is 1.23 bits per heavy atom. The summed E-state index contributed by atoms with van der Waals surface area (Å²) in [5, 5.41) is 2.42. The van der Waals surface area contributed by atoms with Crippen LogP contribution in [0.5, 0.6) is 0 Å². The number of alkyl halides is 3. The van der Waals surface area contributed by atoms with Gasteiger partial charge in [-0.15, -0.1) is 0 Å². The monoisotopic (exact) mass is 423 g/mol. The third kappa shape index (κ3) is 4.39. The minimum Gasteiger partial charge on any atom is -0.342 e. The molecule has 0 radical (unpaired) electrons. The zero-order valence-corrected chi connectivity index (χ0v) is 16.0. The summed E-state index contributed by atoms with van der Waals surface area (Å²) in [6.45, 7) is 3.11. The number of amides is 1. The molecular formula is C19H17F4N5O2. The molecule has 0 saturated heterocycles.